The molecule has 0 saturated carbocycles. The molecular formula is C67H106O6. The number of hydrogen-bond donors (Lipinski definition) is 0. The Kier molecular flexibility index (Phi) is 56.0. The van der Waals surface area contributed by atoms with Gasteiger partial charge in [0, 0.05) is 19.3 Å². The van der Waals surface area contributed by atoms with Crippen molar-refractivity contribution in [2.75, 3.05) is 13.2 Å². The van der Waals surface area contributed by atoms with Crippen molar-refractivity contribution in [3.8, 4) is 0 Å². The summed E-state index contributed by atoms with van der Waals surface area (Å²) < 4.78 is 16.8. The van der Waals surface area contributed by atoms with Crippen LogP contribution in [0.4, 0.5) is 0 Å². The number of ether oxygens (including phenoxy) is 3. The molecule has 0 aromatic rings. The lowest BCUT2D eigenvalue weighted by molar-refractivity contribution is -0.167. The van der Waals surface area contributed by atoms with Crippen LogP contribution >= 0.6 is 0 Å². The first-order chi connectivity index (χ1) is 36.0. The fourth-order valence-corrected chi connectivity index (χ4v) is 7.47. The standard InChI is InChI=1S/C67H106O6/c1-4-7-10-13-16-19-22-25-26-27-28-29-30-31-32-33-34-35-36-37-38-39-40-43-45-48-51-54-57-60-66(69)72-63-64(73-67(70)61-58-55-52-49-46-42-24-21-18-15-12-9-6-3)62-71-65(68)59-56-53-50-47-44-41-23-20-17-14-11-8-5-2/h7,9-12,14,16,18-21,23,25-26,28-29,31-32,34-35,37-38,42,46,64H,4-6,8,13,15,17,22,24,27,30,33,36,39-41,43-45,47-63H2,1-3H3/b10-7-,12-9-,14-11-,19-16-,21-18-,23-20-,26-25-,29-28-,32-31-,35-34-,38-37-,46-42-. The van der Waals surface area contributed by atoms with Crippen molar-refractivity contribution in [1.29, 1.82) is 0 Å². The highest BCUT2D eigenvalue weighted by atomic mass is 16.6. The summed E-state index contributed by atoms with van der Waals surface area (Å²) in [6.45, 7) is 6.28. The van der Waals surface area contributed by atoms with Gasteiger partial charge in [-0.2, -0.15) is 0 Å². The average Bonchev–Trinajstić information content (AvgIpc) is 3.39. The molecule has 0 aromatic heterocycles. The number of allylic oxidation sites excluding steroid dienone is 24. The Morgan fingerprint density at radius 1 is 0.288 bits per heavy atom. The predicted octanol–water partition coefficient (Wildman–Crippen LogP) is 20.0. The SMILES string of the molecule is CC/C=C\C/C=C\C/C=C\C/C=C\C/C=C\C/C=C\C/C=C\CCCCCCCCCC(=O)OCC(COC(=O)CCCCCCC/C=C\C/C=C\CCC)OC(=O)CCCCC/C=C\C/C=C\C/C=C\CC. The van der Waals surface area contributed by atoms with E-state index < -0.39 is 6.10 Å². The van der Waals surface area contributed by atoms with Crippen LogP contribution in [0.2, 0.25) is 0 Å². The van der Waals surface area contributed by atoms with Crippen LogP contribution < -0.4 is 0 Å². The van der Waals surface area contributed by atoms with Gasteiger partial charge in [-0.3, -0.25) is 14.4 Å². The molecular weight excluding hydrogens is 901 g/mol. The Hall–Kier alpha value is -4.71. The molecule has 0 aromatic carbocycles. The van der Waals surface area contributed by atoms with Gasteiger partial charge in [0.05, 0.1) is 0 Å². The van der Waals surface area contributed by atoms with E-state index in [-0.39, 0.29) is 37.5 Å². The van der Waals surface area contributed by atoms with Crippen molar-refractivity contribution in [2.24, 2.45) is 0 Å². The molecule has 0 aliphatic carbocycles. The molecule has 6 heteroatoms. The average molecular weight is 1010 g/mol. The molecule has 0 aliphatic heterocycles. The summed E-state index contributed by atoms with van der Waals surface area (Å²) in [5.74, 6) is -0.967. The summed E-state index contributed by atoms with van der Waals surface area (Å²) in [4.78, 5) is 38.1. The predicted molar refractivity (Wildman–Crippen MR) is 315 cm³/mol. The van der Waals surface area contributed by atoms with Gasteiger partial charge in [0.1, 0.15) is 13.2 Å². The van der Waals surface area contributed by atoms with Crippen molar-refractivity contribution in [3.63, 3.8) is 0 Å². The summed E-state index contributed by atoms with van der Waals surface area (Å²) >= 11 is 0. The van der Waals surface area contributed by atoms with Crippen molar-refractivity contribution in [3.05, 3.63) is 146 Å². The van der Waals surface area contributed by atoms with Gasteiger partial charge in [0.2, 0.25) is 0 Å². The number of rotatable bonds is 51. The minimum atomic E-state index is -0.810. The molecule has 0 saturated heterocycles. The van der Waals surface area contributed by atoms with Crippen molar-refractivity contribution in [2.45, 2.75) is 245 Å². The lowest BCUT2D eigenvalue weighted by Gasteiger charge is -2.18. The Labute approximate surface area is 448 Å². The first-order valence-electron chi connectivity index (χ1n) is 29.3. The lowest BCUT2D eigenvalue weighted by atomic mass is 10.1. The molecule has 0 amide bonds. The second-order valence-corrected chi connectivity index (χ2v) is 18.8. The normalized spacial score (nSPS) is 13.2. The van der Waals surface area contributed by atoms with Gasteiger partial charge in [0.25, 0.3) is 0 Å². The van der Waals surface area contributed by atoms with E-state index >= 15 is 0 Å². The second kappa shape index (κ2) is 59.8. The fraction of sp³-hybridized carbons (Fsp3) is 0.597. The van der Waals surface area contributed by atoms with Gasteiger partial charge in [-0.05, 0) is 135 Å². The highest BCUT2D eigenvalue weighted by Crippen LogP contribution is 2.13. The van der Waals surface area contributed by atoms with Crippen molar-refractivity contribution < 1.29 is 28.6 Å². The van der Waals surface area contributed by atoms with Crippen LogP contribution in [0.25, 0.3) is 0 Å². The number of carbonyl (C=O) groups excluding carboxylic acids is 3. The molecule has 410 valence electrons. The number of carbonyl (C=O) groups is 3. The highest BCUT2D eigenvalue weighted by Gasteiger charge is 2.19. The zero-order valence-corrected chi connectivity index (χ0v) is 46.8. The topological polar surface area (TPSA) is 78.9 Å². The molecule has 0 fully saturated rings. The summed E-state index contributed by atoms with van der Waals surface area (Å²) in [7, 11) is 0. The Morgan fingerprint density at radius 2 is 0.534 bits per heavy atom. The van der Waals surface area contributed by atoms with Crippen LogP contribution in [0.1, 0.15) is 239 Å². The van der Waals surface area contributed by atoms with Gasteiger partial charge >= 0.3 is 17.9 Å². The smallest absolute Gasteiger partial charge is 0.306 e. The molecule has 0 N–H and O–H groups in total. The monoisotopic (exact) mass is 1010 g/mol. The molecule has 0 spiro atoms. The Bertz CT molecular complexity index is 1630. The summed E-state index contributed by atoms with van der Waals surface area (Å²) in [5, 5.41) is 0. The maximum absolute atomic E-state index is 12.8. The second-order valence-electron chi connectivity index (χ2n) is 18.8. The quantitative estimate of drug-likeness (QED) is 0.0261. The van der Waals surface area contributed by atoms with E-state index in [0.717, 1.165) is 167 Å². The minimum Gasteiger partial charge on any atom is -0.462 e. The third-order valence-electron chi connectivity index (χ3n) is 11.8. The summed E-state index contributed by atoms with van der Waals surface area (Å²) in [6.07, 6.45) is 85.6. The summed E-state index contributed by atoms with van der Waals surface area (Å²) in [6, 6.07) is 0. The highest BCUT2D eigenvalue weighted by molar-refractivity contribution is 5.71. The lowest BCUT2D eigenvalue weighted by Crippen LogP contribution is -2.30. The molecule has 1 atom stereocenters. The molecule has 0 radical (unpaired) electrons. The number of unbranched alkanes of at least 4 members (excludes halogenated alkanes) is 16. The summed E-state index contributed by atoms with van der Waals surface area (Å²) in [5.41, 5.74) is 0. The van der Waals surface area contributed by atoms with Gasteiger partial charge in [-0.1, -0.05) is 231 Å². The van der Waals surface area contributed by atoms with Crippen LogP contribution in [-0.4, -0.2) is 37.2 Å². The molecule has 73 heavy (non-hydrogen) atoms. The molecule has 0 bridgehead atoms. The number of hydrogen-bond acceptors (Lipinski definition) is 6. The van der Waals surface area contributed by atoms with E-state index in [2.05, 4.69) is 167 Å². The van der Waals surface area contributed by atoms with Crippen LogP contribution in [0.5, 0.6) is 0 Å². The zero-order chi connectivity index (χ0) is 52.9. The minimum absolute atomic E-state index is 0.106. The van der Waals surface area contributed by atoms with E-state index in [9.17, 15) is 14.4 Å². The molecule has 0 heterocycles. The zero-order valence-electron chi connectivity index (χ0n) is 46.8. The fourth-order valence-electron chi connectivity index (χ4n) is 7.47. The first kappa shape index (κ1) is 68.3. The van der Waals surface area contributed by atoms with Crippen LogP contribution in [0, 0.1) is 0 Å². The van der Waals surface area contributed by atoms with Gasteiger partial charge in [-0.15, -0.1) is 0 Å². The van der Waals surface area contributed by atoms with Gasteiger partial charge in [0.15, 0.2) is 6.10 Å². The Balaban J connectivity index is 4.34. The van der Waals surface area contributed by atoms with E-state index in [1.807, 2.05) is 0 Å². The van der Waals surface area contributed by atoms with E-state index in [0.29, 0.717) is 12.8 Å². The van der Waals surface area contributed by atoms with E-state index in [1.165, 1.54) is 32.1 Å². The van der Waals surface area contributed by atoms with Gasteiger partial charge in [-0.25, -0.2) is 0 Å². The maximum atomic E-state index is 12.8. The molecule has 0 rings (SSSR count). The number of esters is 3. The maximum Gasteiger partial charge on any atom is 0.306 e. The first-order valence-corrected chi connectivity index (χ1v) is 29.3. The molecule has 0 aliphatic rings. The van der Waals surface area contributed by atoms with Crippen LogP contribution in [-0.2, 0) is 28.6 Å². The van der Waals surface area contributed by atoms with Crippen LogP contribution in [0.15, 0.2) is 146 Å². The Morgan fingerprint density at radius 3 is 0.849 bits per heavy atom. The van der Waals surface area contributed by atoms with Gasteiger partial charge < -0.3 is 14.2 Å². The third kappa shape index (κ3) is 58.1. The molecule has 6 nitrogen and oxygen atoms in total. The van der Waals surface area contributed by atoms with E-state index in [1.54, 1.807) is 0 Å². The van der Waals surface area contributed by atoms with Crippen molar-refractivity contribution >= 4 is 17.9 Å². The van der Waals surface area contributed by atoms with Crippen molar-refractivity contribution in [1.82, 2.24) is 0 Å². The van der Waals surface area contributed by atoms with Crippen LogP contribution in [0.3, 0.4) is 0 Å². The largest absolute Gasteiger partial charge is 0.462 e. The molecule has 1 unspecified atom stereocenters. The van der Waals surface area contributed by atoms with E-state index in [4.69, 9.17) is 14.2 Å². The third-order valence-corrected chi connectivity index (χ3v) is 11.8.